The Morgan fingerprint density at radius 1 is 1.11 bits per heavy atom. The first-order chi connectivity index (χ1) is 13.7. The molecule has 1 N–H and O–H groups in total. The molecule has 1 aromatic carbocycles. The molecule has 6 nitrogen and oxygen atoms in total. The van der Waals surface area contributed by atoms with E-state index in [0.717, 1.165) is 43.2 Å². The Labute approximate surface area is 168 Å². The highest BCUT2D eigenvalue weighted by Crippen LogP contribution is 2.41. The number of aromatic nitrogens is 1. The first-order valence-corrected chi connectivity index (χ1v) is 10.9. The number of anilines is 1. The molecule has 1 saturated carbocycles. The van der Waals surface area contributed by atoms with Crippen LogP contribution < -0.4 is 19.1 Å². The van der Waals surface area contributed by atoms with E-state index in [0.29, 0.717) is 17.6 Å². The van der Waals surface area contributed by atoms with Gasteiger partial charge < -0.3 is 24.2 Å². The second-order valence-corrected chi connectivity index (χ2v) is 8.57. The van der Waals surface area contributed by atoms with Crippen molar-refractivity contribution in [3.63, 3.8) is 0 Å². The number of benzene rings is 1. The number of hydrogen-bond acceptors (Lipinski definition) is 7. The van der Waals surface area contributed by atoms with Crippen LogP contribution in [0.4, 0.5) is 5.82 Å². The molecule has 2 fully saturated rings. The minimum atomic E-state index is -0.460. The average molecular weight is 401 g/mol. The van der Waals surface area contributed by atoms with E-state index in [-0.39, 0.29) is 12.9 Å². The van der Waals surface area contributed by atoms with Crippen LogP contribution in [-0.4, -0.2) is 48.4 Å². The van der Waals surface area contributed by atoms with Gasteiger partial charge in [0.1, 0.15) is 17.7 Å². The fraction of sp³-hybridized carbons (Fsp3) is 0.476. The highest BCUT2D eigenvalue weighted by Gasteiger charge is 2.43. The summed E-state index contributed by atoms with van der Waals surface area (Å²) in [5.41, 5.74) is 0. The third-order valence-electron chi connectivity index (χ3n) is 6.00. The average Bonchev–Trinajstić information content (AvgIpc) is 3.34. The second-order valence-electron chi connectivity index (χ2n) is 7.69. The highest BCUT2D eigenvalue weighted by atomic mass is 32.2. The molecule has 2 aliphatic heterocycles. The van der Waals surface area contributed by atoms with Crippen LogP contribution in [0.1, 0.15) is 12.8 Å². The predicted molar refractivity (Wildman–Crippen MR) is 107 cm³/mol. The van der Waals surface area contributed by atoms with E-state index in [4.69, 9.17) is 14.2 Å². The topological polar surface area (TPSA) is 64.1 Å². The minimum Gasteiger partial charge on any atom is -0.488 e. The van der Waals surface area contributed by atoms with Gasteiger partial charge in [-0.2, -0.15) is 0 Å². The van der Waals surface area contributed by atoms with Crippen molar-refractivity contribution in [3.05, 3.63) is 36.5 Å². The van der Waals surface area contributed by atoms with Gasteiger partial charge in [0.2, 0.25) is 6.79 Å². The van der Waals surface area contributed by atoms with Gasteiger partial charge in [-0.25, -0.2) is 4.98 Å². The molecule has 2 aromatic rings. The Morgan fingerprint density at radius 2 is 1.93 bits per heavy atom. The molecular weight excluding hydrogens is 376 g/mol. The van der Waals surface area contributed by atoms with Gasteiger partial charge in [0.25, 0.3) is 0 Å². The second kappa shape index (κ2) is 7.37. The molecule has 28 heavy (non-hydrogen) atoms. The molecule has 0 amide bonds. The highest BCUT2D eigenvalue weighted by molar-refractivity contribution is 7.98. The summed E-state index contributed by atoms with van der Waals surface area (Å²) in [4.78, 5) is 8.13. The van der Waals surface area contributed by atoms with Crippen LogP contribution in [0.15, 0.2) is 41.4 Å². The van der Waals surface area contributed by atoms with Crippen molar-refractivity contribution in [2.75, 3.05) is 31.0 Å². The van der Waals surface area contributed by atoms with Crippen LogP contribution in [-0.2, 0) is 0 Å². The van der Waals surface area contributed by atoms with Crippen molar-refractivity contribution in [1.29, 1.82) is 0 Å². The molecule has 1 aromatic heterocycles. The quantitative estimate of drug-likeness (QED) is 0.791. The first-order valence-electron chi connectivity index (χ1n) is 9.69. The maximum Gasteiger partial charge on any atom is 0.231 e. The van der Waals surface area contributed by atoms with Crippen LogP contribution in [0, 0.1) is 11.8 Å². The normalized spacial score (nSPS) is 28.3. The number of thioether (sulfide) groups is 1. The molecule has 0 unspecified atom stereocenters. The minimum absolute atomic E-state index is 0.201. The Balaban J connectivity index is 1.26. The zero-order chi connectivity index (χ0) is 19.1. The zero-order valence-corrected chi connectivity index (χ0v) is 16.6. The number of rotatable bonds is 4. The number of pyridine rings is 1. The van der Waals surface area contributed by atoms with Crippen molar-refractivity contribution >= 4 is 17.6 Å². The van der Waals surface area contributed by atoms with Gasteiger partial charge in [-0.1, -0.05) is 0 Å². The number of ether oxygens (including phenoxy) is 3. The molecule has 148 valence electrons. The lowest BCUT2D eigenvalue weighted by molar-refractivity contribution is -0.0232. The third-order valence-corrected chi connectivity index (χ3v) is 6.71. The molecule has 5 rings (SSSR count). The Kier molecular flexibility index (Phi) is 4.72. The Bertz CT molecular complexity index is 847. The van der Waals surface area contributed by atoms with Crippen LogP contribution in [0.5, 0.6) is 17.2 Å². The molecule has 3 heterocycles. The molecule has 1 aliphatic carbocycles. The molecule has 3 aliphatic rings. The summed E-state index contributed by atoms with van der Waals surface area (Å²) in [7, 11) is 0. The molecule has 0 radical (unpaired) electrons. The van der Waals surface area contributed by atoms with Crippen LogP contribution in [0.25, 0.3) is 0 Å². The van der Waals surface area contributed by atoms with Gasteiger partial charge in [-0.05, 0) is 55.2 Å². The lowest BCUT2D eigenvalue weighted by atomic mass is 9.78. The maximum atomic E-state index is 10.7. The zero-order valence-electron chi connectivity index (χ0n) is 15.8. The molecule has 1 saturated heterocycles. The maximum absolute atomic E-state index is 10.7. The van der Waals surface area contributed by atoms with Gasteiger partial charge in [-0.15, -0.1) is 11.8 Å². The van der Waals surface area contributed by atoms with Gasteiger partial charge in [0.15, 0.2) is 11.5 Å². The standard InChI is InChI=1S/C21H24N2O4S/c1-28-16-3-5-21(22-9-16)23-10-13-6-17(24)19(7-14(13)11-23)27-15-2-4-18-20(8-15)26-12-25-18/h2-5,8-9,13-14,17,19,24H,6-7,10-12H2,1H3/t13-,14+,17+,19+/m0/s1. The number of nitrogens with zero attached hydrogens (tertiary/aromatic N) is 2. The molecular formula is C21H24N2O4S. The van der Waals surface area contributed by atoms with Crippen molar-refractivity contribution in [2.45, 2.75) is 29.9 Å². The van der Waals surface area contributed by atoms with E-state index < -0.39 is 6.10 Å². The van der Waals surface area contributed by atoms with E-state index in [1.54, 1.807) is 11.8 Å². The molecule has 4 atom stereocenters. The summed E-state index contributed by atoms with van der Waals surface area (Å²) in [6.45, 7) is 2.16. The summed E-state index contributed by atoms with van der Waals surface area (Å²) >= 11 is 1.70. The van der Waals surface area contributed by atoms with E-state index in [2.05, 4.69) is 28.3 Å². The van der Waals surface area contributed by atoms with Gasteiger partial charge in [0, 0.05) is 30.2 Å². The summed E-state index contributed by atoms with van der Waals surface area (Å²) < 4.78 is 16.9. The monoisotopic (exact) mass is 400 g/mol. The van der Waals surface area contributed by atoms with E-state index in [9.17, 15) is 5.11 Å². The number of aliphatic hydroxyl groups excluding tert-OH is 1. The van der Waals surface area contributed by atoms with Gasteiger partial charge in [0.05, 0.1) is 6.10 Å². The third kappa shape index (κ3) is 3.37. The van der Waals surface area contributed by atoms with Crippen LogP contribution in [0.3, 0.4) is 0 Å². The Hall–Kier alpha value is -2.12. The predicted octanol–water partition coefficient (Wildman–Crippen LogP) is 3.19. The van der Waals surface area contributed by atoms with Crippen molar-refractivity contribution in [2.24, 2.45) is 11.8 Å². The lowest BCUT2D eigenvalue weighted by Gasteiger charge is -2.35. The first kappa shape index (κ1) is 17.9. The smallest absolute Gasteiger partial charge is 0.231 e. The number of aliphatic hydroxyl groups is 1. The SMILES string of the molecule is CSc1ccc(N2C[C@H]3C[C@@H](Oc4ccc5c(c4)OCO5)[C@H](O)C[C@H]3C2)nc1. The molecule has 7 heteroatoms. The van der Waals surface area contributed by atoms with Gasteiger partial charge in [-0.3, -0.25) is 0 Å². The van der Waals surface area contributed by atoms with E-state index in [1.165, 1.54) is 4.90 Å². The summed E-state index contributed by atoms with van der Waals surface area (Å²) in [5, 5.41) is 10.7. The fourth-order valence-electron chi connectivity index (χ4n) is 4.51. The number of fused-ring (bicyclic) bond motifs is 2. The largest absolute Gasteiger partial charge is 0.488 e. The van der Waals surface area contributed by atoms with E-state index >= 15 is 0 Å². The van der Waals surface area contributed by atoms with E-state index in [1.807, 2.05) is 24.4 Å². The van der Waals surface area contributed by atoms with Crippen molar-refractivity contribution < 1.29 is 19.3 Å². The fourth-order valence-corrected chi connectivity index (χ4v) is 4.87. The molecule has 0 bridgehead atoms. The van der Waals surface area contributed by atoms with Crippen molar-refractivity contribution in [1.82, 2.24) is 4.98 Å². The van der Waals surface area contributed by atoms with Crippen LogP contribution >= 0.6 is 11.8 Å². The molecule has 0 spiro atoms. The summed E-state index contributed by atoms with van der Waals surface area (Å²) in [6, 6.07) is 9.80. The summed E-state index contributed by atoms with van der Waals surface area (Å²) in [5.74, 6) is 4.17. The van der Waals surface area contributed by atoms with Gasteiger partial charge >= 0.3 is 0 Å². The summed E-state index contributed by atoms with van der Waals surface area (Å²) in [6.07, 6.45) is 4.94. The number of hydrogen-bond donors (Lipinski definition) is 1. The lowest BCUT2D eigenvalue weighted by Crippen LogP contribution is -2.42. The van der Waals surface area contributed by atoms with Crippen molar-refractivity contribution in [3.8, 4) is 17.2 Å². The Morgan fingerprint density at radius 3 is 2.71 bits per heavy atom. The van der Waals surface area contributed by atoms with Crippen LogP contribution in [0.2, 0.25) is 0 Å².